The maximum absolute atomic E-state index is 12.6. The number of benzene rings is 2. The molecule has 2 aromatic carbocycles. The number of para-hydroxylation sites is 1. The van der Waals surface area contributed by atoms with Crippen molar-refractivity contribution in [1.29, 1.82) is 0 Å². The summed E-state index contributed by atoms with van der Waals surface area (Å²) in [5.41, 5.74) is 0.461. The first kappa shape index (κ1) is 14.8. The van der Waals surface area contributed by atoms with Crippen LogP contribution in [-0.4, -0.2) is 29.4 Å². The Balaban J connectivity index is 1.48. The van der Waals surface area contributed by atoms with Gasteiger partial charge in [0.25, 0.3) is 5.91 Å². The SMILES string of the molecule is O=C([O-])[C@H]1[C@@H]2C[C@@H]2CN1C(=O)c1ccc(Oc2ccccc2)cc1. The number of rotatable bonds is 4. The second-order valence-corrected chi connectivity index (χ2v) is 6.32. The predicted molar refractivity (Wildman–Crippen MR) is 84.4 cm³/mol. The van der Waals surface area contributed by atoms with Crippen molar-refractivity contribution in [2.24, 2.45) is 11.8 Å². The van der Waals surface area contributed by atoms with Gasteiger partial charge in [0.15, 0.2) is 0 Å². The number of fused-ring (bicyclic) bond motifs is 1. The number of hydrogen-bond donors (Lipinski definition) is 0. The van der Waals surface area contributed by atoms with Crippen LogP contribution in [0.5, 0.6) is 11.5 Å². The minimum absolute atomic E-state index is 0.0691. The molecule has 122 valence electrons. The van der Waals surface area contributed by atoms with E-state index in [9.17, 15) is 14.7 Å². The Hall–Kier alpha value is -2.82. The molecule has 1 amide bonds. The van der Waals surface area contributed by atoms with Crippen LogP contribution in [0.4, 0.5) is 0 Å². The van der Waals surface area contributed by atoms with E-state index in [1.165, 1.54) is 4.90 Å². The fraction of sp³-hybridized carbons (Fsp3) is 0.263. The minimum Gasteiger partial charge on any atom is -0.548 e. The first-order valence-electron chi connectivity index (χ1n) is 7.98. The van der Waals surface area contributed by atoms with Crippen LogP contribution in [0.15, 0.2) is 54.6 Å². The van der Waals surface area contributed by atoms with Crippen molar-refractivity contribution < 1.29 is 19.4 Å². The molecule has 2 fully saturated rings. The van der Waals surface area contributed by atoms with Crippen LogP contribution in [0.3, 0.4) is 0 Å². The number of carbonyl (C=O) groups is 2. The number of aliphatic carboxylic acids is 1. The van der Waals surface area contributed by atoms with Gasteiger partial charge in [0.2, 0.25) is 0 Å². The molecule has 4 rings (SSSR count). The normalized spacial score (nSPS) is 24.3. The zero-order chi connectivity index (χ0) is 16.7. The number of likely N-dealkylation sites (tertiary alicyclic amines) is 1. The zero-order valence-corrected chi connectivity index (χ0v) is 12.9. The van der Waals surface area contributed by atoms with E-state index in [0.29, 0.717) is 29.5 Å². The number of nitrogens with zero attached hydrogens (tertiary/aromatic N) is 1. The molecule has 0 unspecified atom stereocenters. The van der Waals surface area contributed by atoms with Crippen LogP contribution >= 0.6 is 0 Å². The van der Waals surface area contributed by atoms with Crippen molar-refractivity contribution in [1.82, 2.24) is 4.90 Å². The molecule has 0 spiro atoms. The topological polar surface area (TPSA) is 69.7 Å². The van der Waals surface area contributed by atoms with Gasteiger partial charge in [-0.1, -0.05) is 18.2 Å². The molecule has 0 bridgehead atoms. The lowest BCUT2D eigenvalue weighted by Gasteiger charge is -2.28. The Kier molecular flexibility index (Phi) is 3.49. The summed E-state index contributed by atoms with van der Waals surface area (Å²) < 4.78 is 5.69. The van der Waals surface area contributed by atoms with Gasteiger partial charge < -0.3 is 19.5 Å². The van der Waals surface area contributed by atoms with Gasteiger partial charge in [-0.25, -0.2) is 0 Å². The van der Waals surface area contributed by atoms with Gasteiger partial charge in [0, 0.05) is 12.1 Å². The van der Waals surface area contributed by atoms with Crippen LogP contribution in [0, 0.1) is 11.8 Å². The molecule has 0 aromatic heterocycles. The van der Waals surface area contributed by atoms with Crippen LogP contribution < -0.4 is 9.84 Å². The van der Waals surface area contributed by atoms with Crippen molar-refractivity contribution >= 4 is 11.9 Å². The van der Waals surface area contributed by atoms with E-state index in [2.05, 4.69) is 0 Å². The van der Waals surface area contributed by atoms with Crippen molar-refractivity contribution in [2.45, 2.75) is 12.5 Å². The van der Waals surface area contributed by atoms with Gasteiger partial charge >= 0.3 is 0 Å². The number of ether oxygens (including phenoxy) is 1. The van der Waals surface area contributed by atoms with Gasteiger partial charge in [-0.05, 0) is 54.7 Å². The van der Waals surface area contributed by atoms with E-state index < -0.39 is 12.0 Å². The summed E-state index contributed by atoms with van der Waals surface area (Å²) in [6, 6.07) is 15.3. The fourth-order valence-corrected chi connectivity index (χ4v) is 3.43. The Labute approximate surface area is 139 Å². The Bertz CT molecular complexity index is 772. The van der Waals surface area contributed by atoms with Crippen molar-refractivity contribution in [2.75, 3.05) is 6.54 Å². The molecule has 5 nitrogen and oxygen atoms in total. The molecule has 1 aliphatic carbocycles. The van der Waals surface area contributed by atoms with E-state index in [-0.39, 0.29) is 11.8 Å². The van der Waals surface area contributed by atoms with Gasteiger partial charge in [0.05, 0.1) is 12.0 Å². The van der Waals surface area contributed by atoms with E-state index in [4.69, 9.17) is 4.74 Å². The summed E-state index contributed by atoms with van der Waals surface area (Å²) in [7, 11) is 0. The van der Waals surface area contributed by atoms with E-state index in [0.717, 1.165) is 6.42 Å². The average molecular weight is 322 g/mol. The average Bonchev–Trinajstić information content (AvgIpc) is 3.25. The molecule has 5 heteroatoms. The first-order valence-corrected chi connectivity index (χ1v) is 7.98. The number of carboxylic acid groups (broad SMARTS) is 1. The summed E-state index contributed by atoms with van der Waals surface area (Å²) in [5, 5.41) is 11.3. The van der Waals surface area contributed by atoms with E-state index in [1.54, 1.807) is 24.3 Å². The summed E-state index contributed by atoms with van der Waals surface area (Å²) >= 11 is 0. The Morgan fingerprint density at radius 1 is 1.00 bits per heavy atom. The van der Waals surface area contributed by atoms with Crippen LogP contribution in [0.25, 0.3) is 0 Å². The fourth-order valence-electron chi connectivity index (χ4n) is 3.43. The summed E-state index contributed by atoms with van der Waals surface area (Å²) in [4.78, 5) is 25.3. The van der Waals surface area contributed by atoms with E-state index >= 15 is 0 Å². The smallest absolute Gasteiger partial charge is 0.254 e. The standard InChI is InChI=1S/C19H17NO4/c21-18(20-11-13-10-16(13)17(20)19(22)23)12-6-8-15(9-7-12)24-14-4-2-1-3-5-14/h1-9,13,16-17H,10-11H2,(H,22,23)/p-1/t13-,16-,17-/m1/s1. The third kappa shape index (κ3) is 2.62. The minimum atomic E-state index is -1.16. The maximum atomic E-state index is 12.6. The lowest BCUT2D eigenvalue weighted by molar-refractivity contribution is -0.310. The quantitative estimate of drug-likeness (QED) is 0.859. The highest BCUT2D eigenvalue weighted by molar-refractivity contribution is 5.97. The first-order chi connectivity index (χ1) is 11.6. The molecule has 1 heterocycles. The molecule has 3 atom stereocenters. The molecule has 0 radical (unpaired) electrons. The third-order valence-electron chi connectivity index (χ3n) is 4.73. The van der Waals surface area contributed by atoms with Crippen LogP contribution in [0.2, 0.25) is 0 Å². The maximum Gasteiger partial charge on any atom is 0.254 e. The highest BCUT2D eigenvalue weighted by atomic mass is 16.5. The number of piperidine rings is 1. The number of hydrogen-bond acceptors (Lipinski definition) is 4. The molecule has 1 saturated carbocycles. The van der Waals surface area contributed by atoms with Crippen molar-refractivity contribution in [3.63, 3.8) is 0 Å². The predicted octanol–water partition coefficient (Wildman–Crippen LogP) is 1.69. The lowest BCUT2D eigenvalue weighted by atomic mass is 10.1. The van der Waals surface area contributed by atoms with Crippen LogP contribution in [0.1, 0.15) is 16.8 Å². The van der Waals surface area contributed by atoms with Gasteiger partial charge in [0.1, 0.15) is 11.5 Å². The highest BCUT2D eigenvalue weighted by Crippen LogP contribution is 2.49. The van der Waals surface area contributed by atoms with E-state index in [1.807, 2.05) is 30.3 Å². The molecule has 2 aliphatic rings. The molecule has 2 aromatic rings. The van der Waals surface area contributed by atoms with Gasteiger partial charge in [-0.15, -0.1) is 0 Å². The summed E-state index contributed by atoms with van der Waals surface area (Å²) in [6.45, 7) is 0.504. The number of amides is 1. The Morgan fingerprint density at radius 2 is 1.67 bits per heavy atom. The lowest BCUT2D eigenvalue weighted by Crippen LogP contribution is -2.49. The number of carboxylic acids is 1. The van der Waals surface area contributed by atoms with Crippen molar-refractivity contribution in [3.8, 4) is 11.5 Å². The number of carbonyl (C=O) groups excluding carboxylic acids is 2. The monoisotopic (exact) mass is 322 g/mol. The third-order valence-corrected chi connectivity index (χ3v) is 4.73. The van der Waals surface area contributed by atoms with Gasteiger partial charge in [-0.3, -0.25) is 4.79 Å². The molecule has 1 aliphatic heterocycles. The summed E-state index contributed by atoms with van der Waals surface area (Å²) in [5.74, 6) is 0.309. The Morgan fingerprint density at radius 3 is 2.33 bits per heavy atom. The molecule has 1 saturated heterocycles. The molecular weight excluding hydrogens is 306 g/mol. The van der Waals surface area contributed by atoms with Crippen molar-refractivity contribution in [3.05, 3.63) is 60.2 Å². The molecule has 24 heavy (non-hydrogen) atoms. The van der Waals surface area contributed by atoms with Gasteiger partial charge in [-0.2, -0.15) is 0 Å². The summed E-state index contributed by atoms with van der Waals surface area (Å²) in [6.07, 6.45) is 0.881. The zero-order valence-electron chi connectivity index (χ0n) is 12.9. The highest BCUT2D eigenvalue weighted by Gasteiger charge is 2.54. The van der Waals surface area contributed by atoms with Crippen LogP contribution in [-0.2, 0) is 4.79 Å². The largest absolute Gasteiger partial charge is 0.548 e. The molecular formula is C19H16NO4-. The molecule has 0 N–H and O–H groups in total. The second-order valence-electron chi connectivity index (χ2n) is 6.32. The second kappa shape index (κ2) is 5.67.